The molecule has 0 saturated carbocycles. The molecule has 0 fully saturated rings. The number of aromatic nitrogens is 1. The number of aliphatic imine (C=N–C) groups is 1. The number of guanidine groups is 1. The minimum absolute atomic E-state index is 0.284. The second-order valence-corrected chi connectivity index (χ2v) is 6.17. The minimum Gasteiger partial charge on any atom is -0.357 e. The zero-order valence-corrected chi connectivity index (χ0v) is 14.8. The third kappa shape index (κ3) is 7.13. The van der Waals surface area contributed by atoms with E-state index >= 15 is 0 Å². The van der Waals surface area contributed by atoms with Crippen LogP contribution in [0.15, 0.2) is 40.7 Å². The molecule has 0 bridgehead atoms. The van der Waals surface area contributed by atoms with E-state index in [1.165, 1.54) is 0 Å². The summed E-state index contributed by atoms with van der Waals surface area (Å²) >= 11 is 1.58. The van der Waals surface area contributed by atoms with Gasteiger partial charge in [-0.1, -0.05) is 30.3 Å². The molecular weight excluding hydrogens is 349 g/mol. The van der Waals surface area contributed by atoms with Crippen molar-refractivity contribution in [3.63, 3.8) is 0 Å². The van der Waals surface area contributed by atoms with Crippen LogP contribution in [0.3, 0.4) is 0 Å². The summed E-state index contributed by atoms with van der Waals surface area (Å²) in [5, 5.41) is 8.94. The molecule has 136 valence electrons. The second kappa shape index (κ2) is 9.41. The molecule has 0 aliphatic rings. The number of thiazole rings is 1. The van der Waals surface area contributed by atoms with E-state index in [-0.39, 0.29) is 6.54 Å². The monoisotopic (exact) mass is 370 g/mol. The average Bonchev–Trinajstić information content (AvgIpc) is 3.03. The SMILES string of the molecule is CCNC(=NCCC(F)(F)F)NCCc1csc(-c2ccccc2)n1. The molecule has 0 amide bonds. The van der Waals surface area contributed by atoms with E-state index < -0.39 is 12.6 Å². The van der Waals surface area contributed by atoms with Crippen LogP contribution in [0.4, 0.5) is 13.2 Å². The van der Waals surface area contributed by atoms with E-state index in [0.29, 0.717) is 25.5 Å². The quantitative estimate of drug-likeness (QED) is 0.575. The summed E-state index contributed by atoms with van der Waals surface area (Å²) in [7, 11) is 0. The van der Waals surface area contributed by atoms with E-state index in [1.807, 2.05) is 42.6 Å². The predicted octanol–water partition coefficient (Wildman–Crippen LogP) is 3.86. The molecule has 0 spiro atoms. The van der Waals surface area contributed by atoms with Gasteiger partial charge in [0.1, 0.15) is 5.01 Å². The molecule has 8 heteroatoms. The van der Waals surface area contributed by atoms with Crippen LogP contribution in [0.25, 0.3) is 10.6 Å². The topological polar surface area (TPSA) is 49.3 Å². The molecule has 25 heavy (non-hydrogen) atoms. The summed E-state index contributed by atoms with van der Waals surface area (Å²) in [5.41, 5.74) is 2.02. The molecule has 0 radical (unpaired) electrons. The van der Waals surface area contributed by atoms with Crippen LogP contribution < -0.4 is 10.6 Å². The number of hydrogen-bond donors (Lipinski definition) is 2. The first-order valence-electron chi connectivity index (χ1n) is 8.06. The molecule has 2 rings (SSSR count). The van der Waals surface area contributed by atoms with Crippen LogP contribution in [0.1, 0.15) is 19.0 Å². The molecule has 0 aliphatic heterocycles. The largest absolute Gasteiger partial charge is 0.390 e. The Balaban J connectivity index is 1.83. The smallest absolute Gasteiger partial charge is 0.357 e. The number of nitrogens with one attached hydrogen (secondary N) is 2. The zero-order chi connectivity index (χ0) is 18.1. The number of alkyl halides is 3. The molecular formula is C17H21F3N4S. The maximum Gasteiger partial charge on any atom is 0.390 e. The molecule has 1 aromatic heterocycles. The van der Waals surface area contributed by atoms with Crippen molar-refractivity contribution in [3.8, 4) is 10.6 Å². The van der Waals surface area contributed by atoms with Crippen molar-refractivity contribution >= 4 is 17.3 Å². The predicted molar refractivity (Wildman–Crippen MR) is 95.9 cm³/mol. The fourth-order valence-corrected chi connectivity index (χ4v) is 2.94. The Morgan fingerprint density at radius 1 is 1.20 bits per heavy atom. The number of rotatable bonds is 7. The summed E-state index contributed by atoms with van der Waals surface area (Å²) in [6.45, 7) is 2.73. The lowest BCUT2D eigenvalue weighted by Crippen LogP contribution is -2.38. The van der Waals surface area contributed by atoms with Gasteiger partial charge >= 0.3 is 6.18 Å². The highest BCUT2D eigenvalue weighted by atomic mass is 32.1. The summed E-state index contributed by atoms with van der Waals surface area (Å²) in [6.07, 6.45) is -4.43. The van der Waals surface area contributed by atoms with Crippen LogP contribution in [-0.4, -0.2) is 36.8 Å². The number of nitrogens with zero attached hydrogens (tertiary/aromatic N) is 2. The summed E-state index contributed by atoms with van der Waals surface area (Å²) < 4.78 is 36.6. The minimum atomic E-state index is -4.19. The first kappa shape index (κ1) is 19.2. The Bertz CT molecular complexity index is 668. The average molecular weight is 370 g/mol. The number of halogens is 3. The zero-order valence-electron chi connectivity index (χ0n) is 13.9. The van der Waals surface area contributed by atoms with Gasteiger partial charge < -0.3 is 10.6 Å². The second-order valence-electron chi connectivity index (χ2n) is 5.31. The lowest BCUT2D eigenvalue weighted by atomic mass is 10.2. The standard InChI is InChI=1S/C17H21F3N4S/c1-2-21-16(23-11-9-17(18,19)20)22-10-8-14-12-25-15(24-14)13-6-4-3-5-7-13/h3-7,12H,2,8-11H2,1H3,(H2,21,22,23). The molecule has 0 saturated heterocycles. The Morgan fingerprint density at radius 3 is 2.64 bits per heavy atom. The first-order chi connectivity index (χ1) is 12.0. The van der Waals surface area contributed by atoms with Crippen LogP contribution >= 0.6 is 11.3 Å². The van der Waals surface area contributed by atoms with E-state index in [0.717, 1.165) is 16.3 Å². The molecule has 0 atom stereocenters. The van der Waals surface area contributed by atoms with Crippen molar-refractivity contribution in [1.29, 1.82) is 0 Å². The molecule has 1 aromatic carbocycles. The van der Waals surface area contributed by atoms with Gasteiger partial charge in [0, 0.05) is 30.5 Å². The van der Waals surface area contributed by atoms with Gasteiger partial charge in [-0.25, -0.2) is 4.98 Å². The van der Waals surface area contributed by atoms with Crippen molar-refractivity contribution in [2.75, 3.05) is 19.6 Å². The normalized spacial score (nSPS) is 12.2. The third-order valence-electron chi connectivity index (χ3n) is 3.26. The van der Waals surface area contributed by atoms with Gasteiger partial charge in [0.25, 0.3) is 0 Å². The Kier molecular flexibility index (Phi) is 7.24. The van der Waals surface area contributed by atoms with Gasteiger partial charge in [-0.3, -0.25) is 4.99 Å². The van der Waals surface area contributed by atoms with Crippen LogP contribution in [-0.2, 0) is 6.42 Å². The maximum absolute atomic E-state index is 12.2. The van der Waals surface area contributed by atoms with E-state index in [4.69, 9.17) is 0 Å². The number of benzene rings is 1. The van der Waals surface area contributed by atoms with Gasteiger partial charge in [-0.2, -0.15) is 13.2 Å². The highest BCUT2D eigenvalue weighted by Gasteiger charge is 2.26. The fourth-order valence-electron chi connectivity index (χ4n) is 2.08. The van der Waals surface area contributed by atoms with E-state index in [2.05, 4.69) is 20.6 Å². The molecule has 0 aliphatic carbocycles. The third-order valence-corrected chi connectivity index (χ3v) is 4.20. The van der Waals surface area contributed by atoms with Crippen molar-refractivity contribution < 1.29 is 13.2 Å². The van der Waals surface area contributed by atoms with Gasteiger partial charge in [0.05, 0.1) is 18.7 Å². The van der Waals surface area contributed by atoms with Gasteiger partial charge in [0.15, 0.2) is 5.96 Å². The van der Waals surface area contributed by atoms with Crippen molar-refractivity contribution in [1.82, 2.24) is 15.6 Å². The van der Waals surface area contributed by atoms with Crippen molar-refractivity contribution in [2.24, 2.45) is 4.99 Å². The van der Waals surface area contributed by atoms with Crippen molar-refractivity contribution in [3.05, 3.63) is 41.4 Å². The van der Waals surface area contributed by atoms with Crippen molar-refractivity contribution in [2.45, 2.75) is 25.9 Å². The van der Waals surface area contributed by atoms with E-state index in [1.54, 1.807) is 11.3 Å². The Labute approximate surface area is 149 Å². The molecule has 4 nitrogen and oxygen atoms in total. The van der Waals surface area contributed by atoms with Crippen LogP contribution in [0.5, 0.6) is 0 Å². The Hall–Kier alpha value is -2.09. The summed E-state index contributed by atoms with van der Waals surface area (Å²) in [5.74, 6) is 0.394. The maximum atomic E-state index is 12.2. The Morgan fingerprint density at radius 2 is 1.96 bits per heavy atom. The molecule has 1 heterocycles. The van der Waals surface area contributed by atoms with Crippen LogP contribution in [0.2, 0.25) is 0 Å². The highest BCUT2D eigenvalue weighted by molar-refractivity contribution is 7.13. The van der Waals surface area contributed by atoms with Gasteiger partial charge in [0.2, 0.25) is 0 Å². The van der Waals surface area contributed by atoms with E-state index in [9.17, 15) is 13.2 Å². The lowest BCUT2D eigenvalue weighted by Gasteiger charge is -2.11. The summed E-state index contributed by atoms with van der Waals surface area (Å²) in [6, 6.07) is 9.92. The first-order valence-corrected chi connectivity index (χ1v) is 8.94. The highest BCUT2D eigenvalue weighted by Crippen LogP contribution is 2.23. The lowest BCUT2D eigenvalue weighted by molar-refractivity contribution is -0.132. The molecule has 2 N–H and O–H groups in total. The van der Waals surface area contributed by atoms with Gasteiger partial charge in [-0.05, 0) is 6.92 Å². The molecule has 0 unspecified atom stereocenters. The summed E-state index contributed by atoms with van der Waals surface area (Å²) in [4.78, 5) is 8.53. The van der Waals surface area contributed by atoms with Crippen LogP contribution in [0, 0.1) is 0 Å². The fraction of sp³-hybridized carbons (Fsp3) is 0.412. The number of hydrogen-bond acceptors (Lipinski definition) is 3. The van der Waals surface area contributed by atoms with Gasteiger partial charge in [-0.15, -0.1) is 11.3 Å². The molecule has 2 aromatic rings.